The maximum absolute atomic E-state index is 11.8. The number of esters is 1. The van der Waals surface area contributed by atoms with Crippen LogP contribution in [0.2, 0.25) is 0 Å². The second kappa shape index (κ2) is 7.22. The van der Waals surface area contributed by atoms with E-state index in [9.17, 15) is 4.79 Å². The highest BCUT2D eigenvalue weighted by molar-refractivity contribution is 5.75. The molecule has 1 aliphatic heterocycles. The molecule has 0 aromatic rings. The number of hydrogen-bond donors (Lipinski definition) is 1. The molecule has 0 aromatic carbocycles. The van der Waals surface area contributed by atoms with Crippen molar-refractivity contribution >= 4 is 5.97 Å². The van der Waals surface area contributed by atoms with Crippen LogP contribution in [0.1, 0.15) is 25.7 Å². The van der Waals surface area contributed by atoms with Gasteiger partial charge in [-0.05, 0) is 45.8 Å². The quantitative estimate of drug-likeness (QED) is 0.703. The highest BCUT2D eigenvalue weighted by atomic mass is 16.5. The summed E-state index contributed by atoms with van der Waals surface area (Å²) in [6.07, 6.45) is 4.46. The van der Waals surface area contributed by atoms with Crippen molar-refractivity contribution in [1.82, 2.24) is 15.1 Å². The summed E-state index contributed by atoms with van der Waals surface area (Å²) in [6.45, 7) is 5.53. The molecule has 5 nitrogen and oxygen atoms in total. The van der Waals surface area contributed by atoms with E-state index in [2.05, 4.69) is 22.2 Å². The molecule has 2 fully saturated rings. The summed E-state index contributed by atoms with van der Waals surface area (Å²) in [4.78, 5) is 16.6. The average molecular weight is 269 g/mol. The van der Waals surface area contributed by atoms with E-state index in [-0.39, 0.29) is 12.0 Å². The molecule has 2 rings (SSSR count). The minimum absolute atomic E-state index is 0.112. The molecule has 1 aliphatic carbocycles. The highest BCUT2D eigenvalue weighted by Gasteiger charge is 2.29. The van der Waals surface area contributed by atoms with Crippen LogP contribution in [-0.2, 0) is 9.53 Å². The van der Waals surface area contributed by atoms with Crippen molar-refractivity contribution in [2.24, 2.45) is 0 Å². The first-order valence-electron chi connectivity index (χ1n) is 7.44. The molecule has 1 N–H and O–H groups in total. The van der Waals surface area contributed by atoms with Crippen LogP contribution < -0.4 is 5.32 Å². The molecule has 1 atom stereocenters. The van der Waals surface area contributed by atoms with E-state index in [0.717, 1.165) is 32.6 Å². The number of likely N-dealkylation sites (N-methyl/N-ethyl adjacent to an activating group) is 1. The number of methoxy groups -OCH3 is 1. The predicted octanol–water partition coefficient (Wildman–Crippen LogP) is 0.308. The predicted molar refractivity (Wildman–Crippen MR) is 75.1 cm³/mol. The smallest absolute Gasteiger partial charge is 0.322 e. The van der Waals surface area contributed by atoms with Gasteiger partial charge in [-0.25, -0.2) is 0 Å². The Morgan fingerprint density at radius 1 is 1.32 bits per heavy atom. The van der Waals surface area contributed by atoms with Gasteiger partial charge in [-0.3, -0.25) is 4.79 Å². The average Bonchev–Trinajstić information content (AvgIpc) is 3.22. The molecule has 0 spiro atoms. The van der Waals surface area contributed by atoms with Gasteiger partial charge in [0.2, 0.25) is 0 Å². The van der Waals surface area contributed by atoms with Crippen molar-refractivity contribution in [3.63, 3.8) is 0 Å². The van der Waals surface area contributed by atoms with Crippen LogP contribution in [0.25, 0.3) is 0 Å². The largest absolute Gasteiger partial charge is 0.468 e. The number of hydrogen-bond acceptors (Lipinski definition) is 5. The summed E-state index contributed by atoms with van der Waals surface area (Å²) < 4.78 is 4.89. The van der Waals surface area contributed by atoms with Gasteiger partial charge in [0, 0.05) is 25.7 Å². The third-order valence-electron chi connectivity index (χ3n) is 4.05. The molecule has 0 aromatic heterocycles. The van der Waals surface area contributed by atoms with Crippen LogP contribution in [0.3, 0.4) is 0 Å². The molecular formula is C14H27N3O2. The summed E-state index contributed by atoms with van der Waals surface area (Å²) >= 11 is 0. The first kappa shape index (κ1) is 14.8. The lowest BCUT2D eigenvalue weighted by molar-refractivity contribution is -0.143. The van der Waals surface area contributed by atoms with Crippen LogP contribution in [0.5, 0.6) is 0 Å². The number of nitrogens with one attached hydrogen (secondary N) is 1. The van der Waals surface area contributed by atoms with Gasteiger partial charge in [0.1, 0.15) is 6.04 Å². The Hall–Kier alpha value is -0.650. The Morgan fingerprint density at radius 2 is 2.11 bits per heavy atom. The lowest BCUT2D eigenvalue weighted by atomic mass is 10.2. The minimum atomic E-state index is -0.126. The molecule has 2 aliphatic rings. The molecular weight excluding hydrogens is 242 g/mol. The Balaban J connectivity index is 1.75. The summed E-state index contributed by atoms with van der Waals surface area (Å²) in [6, 6.07) is 0.415. The normalized spacial score (nSPS) is 23.9. The van der Waals surface area contributed by atoms with E-state index in [0.29, 0.717) is 6.04 Å². The number of ether oxygens (including phenoxy) is 1. The van der Waals surface area contributed by atoms with E-state index >= 15 is 0 Å². The molecule has 1 unspecified atom stereocenters. The fourth-order valence-corrected chi connectivity index (χ4v) is 2.58. The van der Waals surface area contributed by atoms with Gasteiger partial charge < -0.3 is 19.9 Å². The minimum Gasteiger partial charge on any atom is -0.468 e. The van der Waals surface area contributed by atoms with Gasteiger partial charge >= 0.3 is 5.97 Å². The molecule has 1 saturated heterocycles. The van der Waals surface area contributed by atoms with Crippen molar-refractivity contribution < 1.29 is 9.53 Å². The number of carbonyl (C=O) groups excluding carboxylic acids is 1. The van der Waals surface area contributed by atoms with Gasteiger partial charge in [0.15, 0.2) is 0 Å². The van der Waals surface area contributed by atoms with Gasteiger partial charge in [-0.15, -0.1) is 0 Å². The zero-order valence-electron chi connectivity index (χ0n) is 12.2. The number of rotatable bonds is 6. The first-order valence-corrected chi connectivity index (χ1v) is 7.44. The molecule has 1 saturated carbocycles. The fourth-order valence-electron chi connectivity index (χ4n) is 2.58. The molecule has 1 heterocycles. The summed E-state index contributed by atoms with van der Waals surface area (Å²) in [5.74, 6) is -0.112. The van der Waals surface area contributed by atoms with Crippen LogP contribution in [0.4, 0.5) is 0 Å². The summed E-state index contributed by atoms with van der Waals surface area (Å²) in [5, 5.41) is 3.39. The molecule has 0 radical (unpaired) electrons. The second-order valence-corrected chi connectivity index (χ2v) is 5.80. The zero-order chi connectivity index (χ0) is 13.7. The Labute approximate surface area is 116 Å². The second-order valence-electron chi connectivity index (χ2n) is 5.80. The molecule has 0 amide bonds. The van der Waals surface area contributed by atoms with Gasteiger partial charge in [-0.1, -0.05) is 0 Å². The Morgan fingerprint density at radius 3 is 2.79 bits per heavy atom. The van der Waals surface area contributed by atoms with E-state index in [1.807, 2.05) is 0 Å². The standard InChI is InChI=1S/C14H27N3O2/c1-16-7-3-8-17(11-10-16)9-6-13(14(18)19-2)15-12-4-5-12/h12-13,15H,3-11H2,1-2H3. The van der Waals surface area contributed by atoms with Gasteiger partial charge in [-0.2, -0.15) is 0 Å². The van der Waals surface area contributed by atoms with Crippen molar-refractivity contribution in [3.05, 3.63) is 0 Å². The molecule has 19 heavy (non-hydrogen) atoms. The van der Waals surface area contributed by atoms with Crippen LogP contribution >= 0.6 is 0 Å². The van der Waals surface area contributed by atoms with Crippen LogP contribution in [0, 0.1) is 0 Å². The van der Waals surface area contributed by atoms with E-state index in [1.54, 1.807) is 0 Å². The zero-order valence-corrected chi connectivity index (χ0v) is 12.2. The summed E-state index contributed by atoms with van der Waals surface area (Å²) in [7, 11) is 3.65. The van der Waals surface area contributed by atoms with Crippen LogP contribution in [-0.4, -0.2) is 74.7 Å². The maximum Gasteiger partial charge on any atom is 0.322 e. The van der Waals surface area contributed by atoms with Crippen molar-refractivity contribution in [2.75, 3.05) is 46.9 Å². The molecule has 5 heteroatoms. The molecule has 0 bridgehead atoms. The lowest BCUT2D eigenvalue weighted by Gasteiger charge is -2.23. The maximum atomic E-state index is 11.8. The summed E-state index contributed by atoms with van der Waals surface area (Å²) in [5.41, 5.74) is 0. The third kappa shape index (κ3) is 5.09. The fraction of sp³-hybridized carbons (Fsp3) is 0.929. The number of nitrogens with zero attached hydrogens (tertiary/aromatic N) is 2. The van der Waals surface area contributed by atoms with E-state index < -0.39 is 0 Å². The van der Waals surface area contributed by atoms with E-state index in [4.69, 9.17) is 4.74 Å². The highest BCUT2D eigenvalue weighted by Crippen LogP contribution is 2.20. The van der Waals surface area contributed by atoms with Crippen molar-refractivity contribution in [1.29, 1.82) is 0 Å². The van der Waals surface area contributed by atoms with Gasteiger partial charge in [0.05, 0.1) is 7.11 Å². The topological polar surface area (TPSA) is 44.8 Å². The Bertz CT molecular complexity index is 294. The van der Waals surface area contributed by atoms with Crippen molar-refractivity contribution in [3.8, 4) is 0 Å². The third-order valence-corrected chi connectivity index (χ3v) is 4.05. The number of carbonyl (C=O) groups is 1. The van der Waals surface area contributed by atoms with Crippen molar-refractivity contribution in [2.45, 2.75) is 37.8 Å². The first-order chi connectivity index (χ1) is 9.19. The Kier molecular flexibility index (Phi) is 5.60. The molecule has 110 valence electrons. The van der Waals surface area contributed by atoms with Crippen LogP contribution in [0.15, 0.2) is 0 Å². The van der Waals surface area contributed by atoms with E-state index in [1.165, 1.54) is 32.9 Å². The SMILES string of the molecule is COC(=O)C(CCN1CCCN(C)CC1)NC1CC1. The monoisotopic (exact) mass is 269 g/mol. The van der Waals surface area contributed by atoms with Gasteiger partial charge in [0.25, 0.3) is 0 Å². The lowest BCUT2D eigenvalue weighted by Crippen LogP contribution is -2.42.